The Kier molecular flexibility index (Phi) is 2.88. The summed E-state index contributed by atoms with van der Waals surface area (Å²) in [5, 5.41) is 0.694. The molecule has 2 aromatic rings. The SMILES string of the molecule is O=CCN1C(=O)[C@@]2(C[C@H]2c2ccc(Cl)cc2)c2ccccc21. The predicted octanol–water partition coefficient (Wildman–Crippen LogP) is 3.31. The van der Waals surface area contributed by atoms with E-state index >= 15 is 0 Å². The summed E-state index contributed by atoms with van der Waals surface area (Å²) in [6.45, 7) is 0.116. The van der Waals surface area contributed by atoms with Crippen molar-refractivity contribution in [1.82, 2.24) is 0 Å². The van der Waals surface area contributed by atoms with E-state index in [2.05, 4.69) is 0 Å². The average molecular weight is 312 g/mol. The van der Waals surface area contributed by atoms with Gasteiger partial charge in [-0.25, -0.2) is 0 Å². The molecule has 1 aliphatic carbocycles. The number of amides is 1. The molecule has 1 heterocycles. The molecular weight excluding hydrogens is 298 g/mol. The van der Waals surface area contributed by atoms with Crippen LogP contribution < -0.4 is 4.90 Å². The van der Waals surface area contributed by atoms with Crippen molar-refractivity contribution in [2.75, 3.05) is 11.4 Å². The molecule has 0 N–H and O–H groups in total. The largest absolute Gasteiger partial charge is 0.304 e. The summed E-state index contributed by atoms with van der Waals surface area (Å²) in [5.41, 5.74) is 2.55. The van der Waals surface area contributed by atoms with Gasteiger partial charge in [-0.05, 0) is 35.7 Å². The highest BCUT2D eigenvalue weighted by Gasteiger charge is 2.66. The van der Waals surface area contributed by atoms with Gasteiger partial charge in [-0.3, -0.25) is 4.79 Å². The standard InChI is InChI=1S/C18H14ClNO2/c19-13-7-5-12(6-8-13)15-11-18(15)14-3-1-2-4-16(14)20(9-10-21)17(18)22/h1-8,10,15H,9,11H2/t15-,18-/m0/s1. The highest BCUT2D eigenvalue weighted by Crippen LogP contribution is 2.66. The molecule has 22 heavy (non-hydrogen) atoms. The van der Waals surface area contributed by atoms with Crippen molar-refractivity contribution >= 4 is 29.5 Å². The number of para-hydroxylation sites is 1. The van der Waals surface area contributed by atoms with Crippen LogP contribution in [0.4, 0.5) is 5.69 Å². The first-order chi connectivity index (χ1) is 10.7. The van der Waals surface area contributed by atoms with E-state index in [-0.39, 0.29) is 18.4 Å². The van der Waals surface area contributed by atoms with Gasteiger partial charge in [0.1, 0.15) is 6.29 Å². The normalized spacial score (nSPS) is 25.4. The number of hydrogen-bond donors (Lipinski definition) is 0. The van der Waals surface area contributed by atoms with Crippen LogP contribution in [-0.2, 0) is 15.0 Å². The van der Waals surface area contributed by atoms with Crippen molar-refractivity contribution in [1.29, 1.82) is 0 Å². The average Bonchev–Trinajstić information content (AvgIpc) is 3.24. The topological polar surface area (TPSA) is 37.4 Å². The molecule has 110 valence electrons. The van der Waals surface area contributed by atoms with Crippen LogP contribution in [0.25, 0.3) is 0 Å². The Balaban J connectivity index is 1.78. The van der Waals surface area contributed by atoms with Gasteiger partial charge in [0.2, 0.25) is 5.91 Å². The Hall–Kier alpha value is -2.13. The molecule has 4 rings (SSSR count). The maximum Gasteiger partial charge on any atom is 0.238 e. The monoisotopic (exact) mass is 311 g/mol. The molecular formula is C18H14ClNO2. The van der Waals surface area contributed by atoms with Crippen LogP contribution in [0.3, 0.4) is 0 Å². The number of nitrogens with zero attached hydrogens (tertiary/aromatic N) is 1. The summed E-state index contributed by atoms with van der Waals surface area (Å²) in [4.78, 5) is 25.5. The lowest BCUT2D eigenvalue weighted by Gasteiger charge is -2.14. The van der Waals surface area contributed by atoms with Crippen molar-refractivity contribution in [3.63, 3.8) is 0 Å². The number of anilines is 1. The number of rotatable bonds is 3. The number of hydrogen-bond acceptors (Lipinski definition) is 2. The van der Waals surface area contributed by atoms with Crippen LogP contribution in [-0.4, -0.2) is 18.7 Å². The molecule has 2 aliphatic rings. The van der Waals surface area contributed by atoms with Gasteiger partial charge in [-0.15, -0.1) is 0 Å². The molecule has 0 unspecified atom stereocenters. The van der Waals surface area contributed by atoms with Crippen LogP contribution in [0.15, 0.2) is 48.5 Å². The second-order valence-electron chi connectivity index (χ2n) is 5.88. The summed E-state index contributed by atoms with van der Waals surface area (Å²) in [6, 6.07) is 15.5. The molecule has 1 amide bonds. The van der Waals surface area contributed by atoms with E-state index < -0.39 is 5.41 Å². The van der Waals surface area contributed by atoms with Gasteiger partial charge >= 0.3 is 0 Å². The zero-order chi connectivity index (χ0) is 15.3. The fraction of sp³-hybridized carbons (Fsp3) is 0.222. The van der Waals surface area contributed by atoms with E-state index in [0.717, 1.165) is 29.5 Å². The summed E-state index contributed by atoms with van der Waals surface area (Å²) >= 11 is 5.95. The van der Waals surface area contributed by atoms with Crippen LogP contribution in [0.1, 0.15) is 23.5 Å². The first kappa shape index (κ1) is 13.5. The van der Waals surface area contributed by atoms with Crippen molar-refractivity contribution in [3.8, 4) is 0 Å². The fourth-order valence-electron chi connectivity index (χ4n) is 3.70. The lowest BCUT2D eigenvalue weighted by atomic mass is 9.92. The molecule has 2 aromatic carbocycles. The quantitative estimate of drug-likeness (QED) is 0.816. The third kappa shape index (κ3) is 1.69. The zero-order valence-corrected chi connectivity index (χ0v) is 12.6. The van der Waals surface area contributed by atoms with Gasteiger partial charge in [0, 0.05) is 16.6 Å². The van der Waals surface area contributed by atoms with E-state index in [9.17, 15) is 9.59 Å². The van der Waals surface area contributed by atoms with Gasteiger partial charge in [0.15, 0.2) is 0 Å². The van der Waals surface area contributed by atoms with Crippen LogP contribution in [0.2, 0.25) is 5.02 Å². The van der Waals surface area contributed by atoms with Crippen molar-refractivity contribution in [2.24, 2.45) is 0 Å². The number of halogens is 1. The highest BCUT2D eigenvalue weighted by atomic mass is 35.5. The lowest BCUT2D eigenvalue weighted by molar-refractivity contribution is -0.121. The molecule has 0 saturated heterocycles. The van der Waals surface area contributed by atoms with Crippen LogP contribution >= 0.6 is 11.6 Å². The molecule has 1 spiro atoms. The minimum atomic E-state index is -0.493. The van der Waals surface area contributed by atoms with Crippen LogP contribution in [0.5, 0.6) is 0 Å². The van der Waals surface area contributed by atoms with E-state index in [4.69, 9.17) is 11.6 Å². The van der Waals surface area contributed by atoms with Gasteiger partial charge in [-0.1, -0.05) is 41.9 Å². The molecule has 3 nitrogen and oxygen atoms in total. The maximum atomic E-state index is 12.9. The van der Waals surface area contributed by atoms with Crippen molar-refractivity contribution in [2.45, 2.75) is 17.8 Å². The number of carbonyl (C=O) groups is 2. The number of carbonyl (C=O) groups excluding carboxylic acids is 2. The van der Waals surface area contributed by atoms with Gasteiger partial charge < -0.3 is 9.69 Å². The van der Waals surface area contributed by atoms with Crippen LogP contribution in [0, 0.1) is 0 Å². The van der Waals surface area contributed by atoms with Gasteiger partial charge in [0.05, 0.1) is 12.0 Å². The van der Waals surface area contributed by atoms with Gasteiger partial charge in [0.25, 0.3) is 0 Å². The Morgan fingerprint density at radius 2 is 1.91 bits per heavy atom. The zero-order valence-electron chi connectivity index (χ0n) is 11.8. The molecule has 1 saturated carbocycles. The summed E-state index contributed by atoms with van der Waals surface area (Å²) in [7, 11) is 0. The number of aldehydes is 1. The van der Waals surface area contributed by atoms with E-state index in [1.807, 2.05) is 48.5 Å². The molecule has 0 radical (unpaired) electrons. The maximum absolute atomic E-state index is 12.9. The van der Waals surface area contributed by atoms with E-state index in [1.165, 1.54) is 0 Å². The minimum Gasteiger partial charge on any atom is -0.304 e. The fourth-order valence-corrected chi connectivity index (χ4v) is 3.83. The predicted molar refractivity (Wildman–Crippen MR) is 85.3 cm³/mol. The molecule has 0 bridgehead atoms. The second kappa shape index (κ2) is 4.68. The first-order valence-electron chi connectivity index (χ1n) is 7.29. The summed E-state index contributed by atoms with van der Waals surface area (Å²) in [5.74, 6) is 0.204. The van der Waals surface area contributed by atoms with E-state index in [0.29, 0.717) is 5.02 Å². The Morgan fingerprint density at radius 1 is 1.18 bits per heavy atom. The van der Waals surface area contributed by atoms with E-state index in [1.54, 1.807) is 4.90 Å². The highest BCUT2D eigenvalue weighted by molar-refractivity contribution is 6.30. The van der Waals surface area contributed by atoms with Gasteiger partial charge in [-0.2, -0.15) is 0 Å². The number of fused-ring (bicyclic) bond motifs is 2. The Labute approximate surface area is 133 Å². The third-order valence-electron chi connectivity index (χ3n) is 4.79. The third-order valence-corrected chi connectivity index (χ3v) is 5.04. The smallest absolute Gasteiger partial charge is 0.238 e. The molecule has 0 aromatic heterocycles. The Bertz CT molecular complexity index is 771. The lowest BCUT2D eigenvalue weighted by Crippen LogP contribution is -2.34. The molecule has 1 aliphatic heterocycles. The molecule has 1 fully saturated rings. The molecule has 4 heteroatoms. The second-order valence-corrected chi connectivity index (χ2v) is 6.32. The Morgan fingerprint density at radius 3 is 2.64 bits per heavy atom. The van der Waals surface area contributed by atoms with Crippen molar-refractivity contribution < 1.29 is 9.59 Å². The minimum absolute atomic E-state index is 0.0424. The first-order valence-corrected chi connectivity index (χ1v) is 7.67. The summed E-state index contributed by atoms with van der Waals surface area (Å²) in [6.07, 6.45) is 1.58. The summed E-state index contributed by atoms with van der Waals surface area (Å²) < 4.78 is 0. The molecule has 2 atom stereocenters. The number of benzene rings is 2. The van der Waals surface area contributed by atoms with Crippen molar-refractivity contribution in [3.05, 3.63) is 64.7 Å².